The third-order valence-electron chi connectivity index (χ3n) is 11.5. The van der Waals surface area contributed by atoms with E-state index in [-0.39, 0.29) is 52.6 Å². The molecular formula is C69H76N4O15. The van der Waals surface area contributed by atoms with E-state index in [9.17, 15) is 47.9 Å². The topological polar surface area (TPSA) is 265 Å². The van der Waals surface area contributed by atoms with E-state index in [1.165, 1.54) is 72.0 Å². The van der Waals surface area contributed by atoms with Gasteiger partial charge < -0.3 is 45.0 Å². The maximum absolute atomic E-state index is 12.4. The predicted octanol–water partition coefficient (Wildman–Crippen LogP) is 10.3. The minimum atomic E-state index is -0.740. The number of esters is 5. The Balaban J connectivity index is 0.000000414. The smallest absolute Gasteiger partial charge is 0.354 e. The van der Waals surface area contributed by atoms with E-state index in [1.54, 1.807) is 152 Å². The number of ether oxygens (including phenoxy) is 5. The van der Waals surface area contributed by atoms with E-state index in [1.807, 2.05) is 39.0 Å². The summed E-state index contributed by atoms with van der Waals surface area (Å²) in [6, 6.07) is 42.5. The van der Waals surface area contributed by atoms with Gasteiger partial charge in [-0.05, 0) is 106 Å². The highest BCUT2D eigenvalue weighted by atomic mass is 16.5. The molecule has 19 nitrogen and oxygen atoms in total. The molecule has 0 aliphatic heterocycles. The number of carbonyl (C=O) groups excluding carboxylic acids is 10. The number of methoxy groups -OCH3 is 5. The SMILES string of the molecule is CC=C/C=C(\NC(=O)c1ccccc1)C(=O)OC.COC(=O)/C(=C/C=C(C)C)NC(=O)c1ccccc1.COC(=O)C(=CC=C/C=C(\NC(=O)c1ccccc1)C(=O)OC)CC(=O)c1ccccc1.COC(=O)C(CCC(C)C)NC(=O)c1ccccc1. The van der Waals surface area contributed by atoms with E-state index in [4.69, 9.17) is 14.2 Å². The van der Waals surface area contributed by atoms with Crippen molar-refractivity contribution in [3.63, 3.8) is 0 Å². The molecule has 4 amide bonds. The molecule has 0 saturated heterocycles. The lowest BCUT2D eigenvalue weighted by Crippen LogP contribution is -2.41. The maximum Gasteiger partial charge on any atom is 0.354 e. The molecule has 0 spiro atoms. The number of hydrogen-bond acceptors (Lipinski definition) is 15. The highest BCUT2D eigenvalue weighted by Crippen LogP contribution is 2.13. The summed E-state index contributed by atoms with van der Waals surface area (Å²) < 4.78 is 23.4. The predicted molar refractivity (Wildman–Crippen MR) is 335 cm³/mol. The summed E-state index contributed by atoms with van der Waals surface area (Å²) in [6.07, 6.45) is 15.1. The van der Waals surface area contributed by atoms with Gasteiger partial charge in [0.05, 0.1) is 35.5 Å². The number of amides is 4. The fourth-order valence-corrected chi connectivity index (χ4v) is 6.88. The lowest BCUT2D eigenvalue weighted by molar-refractivity contribution is -0.143. The third kappa shape index (κ3) is 28.6. The molecule has 1 atom stereocenters. The zero-order valence-corrected chi connectivity index (χ0v) is 51.0. The van der Waals surface area contributed by atoms with Crippen molar-refractivity contribution in [1.29, 1.82) is 0 Å². The number of carbonyl (C=O) groups is 10. The summed E-state index contributed by atoms with van der Waals surface area (Å²) in [5, 5.41) is 10.3. The first-order valence-corrected chi connectivity index (χ1v) is 27.4. The van der Waals surface area contributed by atoms with Crippen LogP contribution in [0.4, 0.5) is 0 Å². The van der Waals surface area contributed by atoms with Crippen LogP contribution in [0.5, 0.6) is 0 Å². The molecule has 462 valence electrons. The molecule has 1 unspecified atom stereocenters. The molecule has 5 aromatic rings. The molecule has 5 rings (SSSR count). The fraction of sp³-hybridized carbons (Fsp3) is 0.217. The Labute approximate surface area is 513 Å². The highest BCUT2D eigenvalue weighted by molar-refractivity contribution is 6.04. The van der Waals surface area contributed by atoms with Crippen LogP contribution in [0.25, 0.3) is 0 Å². The lowest BCUT2D eigenvalue weighted by atomic mass is 10.0. The average molecular weight is 1200 g/mol. The van der Waals surface area contributed by atoms with E-state index >= 15 is 0 Å². The number of rotatable bonds is 23. The summed E-state index contributed by atoms with van der Waals surface area (Å²) in [6.45, 7) is 9.75. The first kappa shape index (κ1) is 73.3. The first-order chi connectivity index (χ1) is 42.2. The largest absolute Gasteiger partial charge is 0.467 e. The zero-order chi connectivity index (χ0) is 65.2. The highest BCUT2D eigenvalue weighted by Gasteiger charge is 2.23. The molecule has 0 aliphatic carbocycles. The van der Waals surface area contributed by atoms with Crippen LogP contribution in [0.3, 0.4) is 0 Å². The number of ketones is 1. The van der Waals surface area contributed by atoms with Crippen molar-refractivity contribution in [2.24, 2.45) is 5.92 Å². The van der Waals surface area contributed by atoms with Crippen LogP contribution in [0.1, 0.15) is 106 Å². The molecule has 88 heavy (non-hydrogen) atoms. The van der Waals surface area contributed by atoms with Crippen LogP contribution >= 0.6 is 0 Å². The van der Waals surface area contributed by atoms with Gasteiger partial charge in [0.1, 0.15) is 23.1 Å². The molecule has 0 aromatic heterocycles. The van der Waals surface area contributed by atoms with Crippen molar-refractivity contribution in [3.05, 3.63) is 262 Å². The summed E-state index contributed by atoms with van der Waals surface area (Å²) in [5.74, 6) is -4.14. The zero-order valence-electron chi connectivity index (χ0n) is 51.0. The Morgan fingerprint density at radius 1 is 0.398 bits per heavy atom. The van der Waals surface area contributed by atoms with Gasteiger partial charge in [0.15, 0.2) is 5.78 Å². The van der Waals surface area contributed by atoms with Crippen LogP contribution in [0.2, 0.25) is 0 Å². The van der Waals surface area contributed by atoms with E-state index in [0.29, 0.717) is 40.2 Å². The fourth-order valence-electron chi connectivity index (χ4n) is 6.88. The molecule has 0 heterocycles. The van der Waals surface area contributed by atoms with Gasteiger partial charge in [-0.2, -0.15) is 0 Å². The van der Waals surface area contributed by atoms with Gasteiger partial charge in [-0.15, -0.1) is 0 Å². The van der Waals surface area contributed by atoms with Crippen molar-refractivity contribution < 1.29 is 71.6 Å². The van der Waals surface area contributed by atoms with Gasteiger partial charge >= 0.3 is 29.8 Å². The van der Waals surface area contributed by atoms with Crippen LogP contribution in [-0.2, 0) is 47.7 Å². The molecule has 0 bridgehead atoms. The number of allylic oxidation sites excluding steroid dienone is 10. The molecule has 0 radical (unpaired) electrons. The van der Waals surface area contributed by atoms with E-state index in [0.717, 1.165) is 12.0 Å². The summed E-state index contributed by atoms with van der Waals surface area (Å²) in [5.41, 5.74) is 3.62. The van der Waals surface area contributed by atoms with Crippen LogP contribution < -0.4 is 21.3 Å². The second-order valence-electron chi connectivity index (χ2n) is 18.9. The quantitative estimate of drug-likeness (QED) is 0.0156. The van der Waals surface area contributed by atoms with Crippen LogP contribution in [0, 0.1) is 5.92 Å². The van der Waals surface area contributed by atoms with Crippen molar-refractivity contribution in [2.75, 3.05) is 35.5 Å². The molecule has 0 saturated carbocycles. The number of hydrogen-bond donors (Lipinski definition) is 4. The van der Waals surface area contributed by atoms with Gasteiger partial charge in [0.25, 0.3) is 23.6 Å². The maximum atomic E-state index is 12.4. The van der Waals surface area contributed by atoms with Gasteiger partial charge in [0, 0.05) is 39.8 Å². The molecule has 19 heteroatoms. The standard InChI is InChI=1S/C25H23NO6.C15H21NO3.C15H17NO3.C14H15NO3/c1-31-24(29)20(17-22(27)18-11-5-3-6-12-18)15-9-10-16-21(25(30)32-2)26-23(28)19-13-7-4-8-14-19;2*1-11(2)9-10-13(15(18)19-3)16-14(17)12-7-5-4-6-8-12;1-3-4-10-12(14(17)18-2)15-13(16)11-8-6-5-7-9-11/h3-16H,17H2,1-2H3,(H,26,28);4-8,11,13H,9-10H2,1-3H3,(H,16,17);4-10H,1-3H3,(H,16,17);3-10H,1-2H3,(H,15,16)/b10-9?,20-15?,21-16-;;13-10-;4-3?,12-10-. The molecule has 0 fully saturated rings. The van der Waals surface area contributed by atoms with E-state index in [2.05, 4.69) is 44.6 Å². The number of nitrogens with one attached hydrogen (secondary N) is 4. The molecule has 4 N–H and O–H groups in total. The van der Waals surface area contributed by atoms with Gasteiger partial charge in [0.2, 0.25) is 0 Å². The van der Waals surface area contributed by atoms with Gasteiger partial charge in [-0.3, -0.25) is 24.0 Å². The first-order valence-electron chi connectivity index (χ1n) is 27.4. The second-order valence-corrected chi connectivity index (χ2v) is 18.9. The molecular weight excluding hydrogens is 1120 g/mol. The molecule has 5 aromatic carbocycles. The van der Waals surface area contributed by atoms with Crippen molar-refractivity contribution >= 4 is 59.3 Å². The monoisotopic (exact) mass is 1200 g/mol. The minimum Gasteiger partial charge on any atom is -0.467 e. The van der Waals surface area contributed by atoms with Crippen LogP contribution in [0.15, 0.2) is 235 Å². The van der Waals surface area contributed by atoms with Crippen molar-refractivity contribution in [3.8, 4) is 0 Å². The normalized spacial score (nSPS) is 11.4. The van der Waals surface area contributed by atoms with Gasteiger partial charge in [-0.25, -0.2) is 24.0 Å². The second kappa shape index (κ2) is 42.1. The Hall–Kier alpha value is -10.8. The Kier molecular flexibility index (Phi) is 35.0. The Morgan fingerprint density at radius 3 is 1.08 bits per heavy atom. The lowest BCUT2D eigenvalue weighted by Gasteiger charge is -2.17. The summed E-state index contributed by atoms with van der Waals surface area (Å²) >= 11 is 0. The average Bonchev–Trinajstić information content (AvgIpc) is 3.73. The minimum absolute atomic E-state index is 0.0917. The Bertz CT molecular complexity index is 3220. The number of Topliss-reactive ketones (excluding diaryl/α,β-unsaturated/α-hetero) is 1. The van der Waals surface area contributed by atoms with Crippen molar-refractivity contribution in [2.45, 2.75) is 59.9 Å². The molecule has 0 aliphatic rings. The summed E-state index contributed by atoms with van der Waals surface area (Å²) in [7, 11) is 6.29. The van der Waals surface area contributed by atoms with E-state index < -0.39 is 41.8 Å². The van der Waals surface area contributed by atoms with Crippen molar-refractivity contribution in [1.82, 2.24) is 21.3 Å². The van der Waals surface area contributed by atoms with Gasteiger partial charge in [-0.1, -0.05) is 159 Å². The Morgan fingerprint density at radius 2 is 0.739 bits per heavy atom. The van der Waals surface area contributed by atoms with Crippen LogP contribution in [-0.4, -0.2) is 101 Å². The third-order valence-corrected chi connectivity index (χ3v) is 11.5. The number of benzene rings is 5. The summed E-state index contributed by atoms with van der Waals surface area (Å²) in [4.78, 5) is 119.